The molecule has 0 aromatic heterocycles. The van der Waals surface area contributed by atoms with E-state index in [2.05, 4.69) is 16.0 Å². The highest BCUT2D eigenvalue weighted by atomic mass is 35.5. The summed E-state index contributed by atoms with van der Waals surface area (Å²) in [6, 6.07) is -11.5. The number of carbonyl (C=O) groups is 12. The van der Waals surface area contributed by atoms with Crippen LogP contribution in [0.25, 0.3) is 0 Å². The second-order valence-electron chi connectivity index (χ2n) is 31.1. The van der Waals surface area contributed by atoms with Gasteiger partial charge in [0.05, 0.1) is 18.9 Å². The first kappa shape index (κ1) is 83.8. The highest BCUT2D eigenvalue weighted by Crippen LogP contribution is 2.44. The maximum Gasteiger partial charge on any atom is 0.393 e. The molecule has 7 aliphatic rings. The van der Waals surface area contributed by atoms with E-state index in [-0.39, 0.29) is 108 Å². The molecule has 3 saturated carbocycles. The van der Waals surface area contributed by atoms with Gasteiger partial charge in [0.15, 0.2) is 0 Å². The van der Waals surface area contributed by atoms with Crippen LogP contribution in [0.4, 0.5) is 22.0 Å². The predicted octanol–water partition coefficient (Wildman–Crippen LogP) is 6.87. The van der Waals surface area contributed by atoms with Gasteiger partial charge in [0.1, 0.15) is 59.9 Å². The molecule has 0 bridgehead atoms. The Morgan fingerprint density at radius 1 is 0.602 bits per heavy atom. The molecule has 0 radical (unpaired) electrons. The van der Waals surface area contributed by atoms with E-state index in [0.717, 1.165) is 53.2 Å². The van der Waals surface area contributed by atoms with Crippen molar-refractivity contribution in [3.63, 3.8) is 0 Å². The van der Waals surface area contributed by atoms with E-state index in [1.165, 1.54) is 73.7 Å². The number of amides is 12. The Morgan fingerprint density at radius 2 is 1.24 bits per heavy atom. The Hall–Kier alpha value is -6.42. The lowest BCUT2D eigenvalue weighted by atomic mass is 9.78. The van der Waals surface area contributed by atoms with Crippen LogP contribution < -0.4 is 16.0 Å². The van der Waals surface area contributed by atoms with Crippen LogP contribution >= 0.6 is 11.6 Å². The zero-order valence-electron chi connectivity index (χ0n) is 62.6. The summed E-state index contributed by atoms with van der Waals surface area (Å²) < 4.78 is 69.3. The largest absolute Gasteiger partial charge is 0.393 e. The summed E-state index contributed by atoms with van der Waals surface area (Å²) in [5, 5.41) is 7.45. The minimum absolute atomic E-state index is 0.00918. The molecule has 7 fully saturated rings. The average molecular weight is 1480 g/mol. The Kier molecular flexibility index (Phi) is 30.3. The second kappa shape index (κ2) is 37.2. The van der Waals surface area contributed by atoms with Crippen molar-refractivity contribution in [1.82, 2.24) is 60.0 Å². The van der Waals surface area contributed by atoms with Crippen LogP contribution in [0.5, 0.6) is 0 Å². The lowest BCUT2D eigenvalue weighted by Crippen LogP contribution is -2.65. The van der Waals surface area contributed by atoms with Crippen LogP contribution in [0.3, 0.4) is 0 Å². The van der Waals surface area contributed by atoms with E-state index in [1.54, 1.807) is 32.6 Å². The topological polar surface area (TPSA) is 270 Å². The fraction of sp³-hybridized carbons (Fsp3) is 0.836. The molecule has 30 heteroatoms. The van der Waals surface area contributed by atoms with Crippen molar-refractivity contribution in [3.05, 3.63) is 0 Å². The number of nitrogens with zero attached hydrogens (tertiary/aromatic N) is 9. The number of hydrogen-bond acceptors (Lipinski definition) is 12. The van der Waals surface area contributed by atoms with Crippen molar-refractivity contribution in [2.45, 2.75) is 286 Å². The van der Waals surface area contributed by atoms with Gasteiger partial charge in [-0.3, -0.25) is 57.5 Å². The van der Waals surface area contributed by atoms with E-state index in [0.29, 0.717) is 51.6 Å². The Morgan fingerprint density at radius 3 is 1.83 bits per heavy atom. The van der Waals surface area contributed by atoms with Gasteiger partial charge in [-0.05, 0) is 133 Å². The molecule has 4 heterocycles. The molecule has 4 aliphatic heterocycles. The first-order valence-corrected chi connectivity index (χ1v) is 38.4. The molecular formula is C73H116ClF5N12O12. The van der Waals surface area contributed by atoms with Crippen LogP contribution in [0.1, 0.15) is 208 Å². The number of alkyl halides is 6. The number of likely N-dealkylation sites (N-methyl/N-ethyl adjacent to an activating group) is 6. The van der Waals surface area contributed by atoms with Gasteiger partial charge in [0.25, 0.3) is 0 Å². The molecule has 3 N–H and O–H groups in total. The summed E-state index contributed by atoms with van der Waals surface area (Å²) in [5.41, 5.74) is -1.61. The first-order chi connectivity index (χ1) is 48.5. The van der Waals surface area contributed by atoms with Crippen molar-refractivity contribution in [2.75, 3.05) is 75.0 Å². The number of unbranched alkanes of at least 4 members (excludes halogenated alkanes) is 1. The molecule has 1 spiro atoms. The van der Waals surface area contributed by atoms with Crippen LogP contribution in [-0.4, -0.2) is 268 Å². The number of nitrogens with one attached hydrogen (secondary N) is 3. The fourth-order valence-electron chi connectivity index (χ4n) is 16.7. The maximum atomic E-state index is 15.5. The van der Waals surface area contributed by atoms with Crippen molar-refractivity contribution in [1.29, 1.82) is 0 Å². The minimum Gasteiger partial charge on any atom is -0.343 e. The molecule has 0 aromatic carbocycles. The van der Waals surface area contributed by atoms with Gasteiger partial charge >= 0.3 is 6.18 Å². The van der Waals surface area contributed by atoms with E-state index < -0.39 is 186 Å². The lowest BCUT2D eigenvalue weighted by molar-refractivity contribution is -0.182. The van der Waals surface area contributed by atoms with Gasteiger partial charge in [-0.15, -0.1) is 11.6 Å². The van der Waals surface area contributed by atoms with Crippen molar-refractivity contribution in [2.24, 2.45) is 29.6 Å². The van der Waals surface area contributed by atoms with Crippen LogP contribution in [0.15, 0.2) is 0 Å². The van der Waals surface area contributed by atoms with Crippen molar-refractivity contribution < 1.29 is 79.5 Å². The fourth-order valence-corrected chi connectivity index (χ4v) is 17.3. The summed E-state index contributed by atoms with van der Waals surface area (Å²) >= 11 is 6.40. The zero-order valence-corrected chi connectivity index (χ0v) is 63.3. The summed E-state index contributed by atoms with van der Waals surface area (Å²) in [5.74, 6) is -11.5. The second-order valence-corrected chi connectivity index (χ2v) is 31.7. The third kappa shape index (κ3) is 20.6. The summed E-state index contributed by atoms with van der Waals surface area (Å²) in [6.07, 6.45) is 0.317. The molecule has 0 aromatic rings. The Balaban J connectivity index is 1.28. The normalized spacial score (nSPS) is 30.4. The highest BCUT2D eigenvalue weighted by Gasteiger charge is 2.52. The number of hydrogen-bond donors (Lipinski definition) is 3. The van der Waals surface area contributed by atoms with Gasteiger partial charge in [0.2, 0.25) is 77.3 Å². The maximum absolute atomic E-state index is 15.5. The van der Waals surface area contributed by atoms with Crippen LogP contribution in [0, 0.1) is 29.6 Å². The van der Waals surface area contributed by atoms with E-state index >= 15 is 28.8 Å². The number of likely N-dealkylation sites (tertiary alicyclic amines) is 1. The predicted molar refractivity (Wildman–Crippen MR) is 375 cm³/mol. The Labute approximate surface area is 610 Å². The number of fused-ring (bicyclic) bond motifs is 2. The van der Waals surface area contributed by atoms with Gasteiger partial charge in [-0.25, -0.2) is 8.78 Å². The molecule has 13 atom stereocenters. The third-order valence-electron chi connectivity index (χ3n) is 23.7. The van der Waals surface area contributed by atoms with Gasteiger partial charge in [-0.1, -0.05) is 85.5 Å². The summed E-state index contributed by atoms with van der Waals surface area (Å²) in [4.78, 5) is 192. The molecular weight excluding hydrogens is 1370 g/mol. The molecule has 4 saturated heterocycles. The SMILES string of the molecule is CC[C@H](C)[C@@H]1NC(=O)[C@H](CCCCC(F)F)N(C)C(=O)C[C@@H](C(=O)N2CCCCC2)N(C)C(=O)[C@H](C(C)C)N(C)C(=O)C2(CCCC2)NC(=O)[C@@H]2CCCN2C(=O)[C@H](CCC2CCC(C(F)(F)F)C(Cl)C2)NC(=O)CN(C)C(=O)[C@H](CC2CCCCC2)N(C)C(=O)[C@@H]2CCN2C(=O)[C@H](C)N(C)C1=O. The molecule has 7 rings (SSSR count). The monoisotopic (exact) mass is 1480 g/mol. The standard InChI is InChI=1S/C73H116ClF5N12O12/c1-12-45(4)60-69(101)84(7)46(5)64(96)91-39-33-54(91)67(99)86(9)55(41-47-24-15-13-16-25-47)66(98)83(6)43-58(92)80-51(32-30-48-29-31-49(50(74)40-48)73(77,78)79)65(97)90-38-23-27-53(90)63(95)82-72(34-19-20-35-72)71(103)88(11)61(44(2)3)70(102)87(10)56(68(100)89-36-21-14-22-37-89)42-59(93)85(8)52(62(94)81-60)26-17-18-28-57(75)76/h44-57,60-61H,12-43H2,1-11H3,(H,80,92)(H,81,94)(H,82,95)/t45-,46-,48?,49?,50?,51-,52-,53-,54-,55-,56-,60-,61-/m0/s1. The first-order valence-electron chi connectivity index (χ1n) is 37.9. The lowest BCUT2D eigenvalue weighted by Gasteiger charge is -2.45. The number of rotatable bonds is 14. The number of carbonyl (C=O) groups excluding carboxylic acids is 12. The molecule has 582 valence electrons. The molecule has 103 heavy (non-hydrogen) atoms. The molecule has 24 nitrogen and oxygen atoms in total. The van der Waals surface area contributed by atoms with E-state index in [9.17, 15) is 50.7 Å². The number of piperidine rings is 1. The van der Waals surface area contributed by atoms with Crippen molar-refractivity contribution >= 4 is 82.5 Å². The molecule has 3 unspecified atom stereocenters. The van der Waals surface area contributed by atoms with Gasteiger partial charge in [-0.2, -0.15) is 13.2 Å². The Bertz CT molecular complexity index is 3010. The highest BCUT2D eigenvalue weighted by molar-refractivity contribution is 6.21. The third-order valence-corrected chi connectivity index (χ3v) is 24.2. The molecule has 12 amide bonds. The van der Waals surface area contributed by atoms with Gasteiger partial charge < -0.3 is 60.0 Å². The van der Waals surface area contributed by atoms with E-state index in [1.807, 2.05) is 0 Å². The molecule has 3 aliphatic carbocycles. The van der Waals surface area contributed by atoms with Crippen LogP contribution in [-0.2, 0) is 57.5 Å². The zero-order chi connectivity index (χ0) is 76.1. The van der Waals surface area contributed by atoms with Crippen molar-refractivity contribution in [3.8, 4) is 0 Å². The summed E-state index contributed by atoms with van der Waals surface area (Å²) in [7, 11) is 8.35. The smallest absolute Gasteiger partial charge is 0.343 e. The van der Waals surface area contributed by atoms with Crippen LogP contribution in [0.2, 0.25) is 0 Å². The summed E-state index contributed by atoms with van der Waals surface area (Å²) in [6.45, 7) is 8.56. The average Bonchev–Trinajstić information content (AvgIpc) is 1.77. The minimum atomic E-state index is -4.52. The number of halogens is 6. The van der Waals surface area contributed by atoms with Gasteiger partial charge in [0, 0.05) is 80.3 Å². The van der Waals surface area contributed by atoms with E-state index in [4.69, 9.17) is 11.6 Å². The quantitative estimate of drug-likeness (QED) is 0.0914.